The number of hydrogen-bond donors (Lipinski definition) is 0. The number of amides is 2. The number of aromatic nitrogens is 1. The number of piperidine rings is 1. The van der Waals surface area contributed by atoms with Crippen LogP contribution in [0.1, 0.15) is 35.2 Å². The van der Waals surface area contributed by atoms with Gasteiger partial charge in [-0.3, -0.25) is 14.4 Å². The molecule has 27 heavy (non-hydrogen) atoms. The number of carbonyl (C=O) groups is 2. The molecule has 3 aliphatic heterocycles. The number of likely N-dealkylation sites (tertiary alicyclic amines) is 2. The Kier molecular flexibility index (Phi) is 3.48. The smallest absolute Gasteiger partial charge is 0.259 e. The van der Waals surface area contributed by atoms with E-state index in [0.717, 1.165) is 37.9 Å². The van der Waals surface area contributed by atoms with Crippen molar-refractivity contribution in [1.82, 2.24) is 14.4 Å². The summed E-state index contributed by atoms with van der Waals surface area (Å²) in [6.45, 7) is 2.54. The van der Waals surface area contributed by atoms with E-state index in [2.05, 4.69) is 0 Å². The summed E-state index contributed by atoms with van der Waals surface area (Å²) in [6, 6.07) is 5.75. The number of nitrogens with zero attached hydrogens (tertiary/aromatic N) is 3. The molecule has 5 rings (SSSR count). The van der Waals surface area contributed by atoms with Crippen molar-refractivity contribution in [2.24, 2.45) is 5.41 Å². The quantitative estimate of drug-likeness (QED) is 0.772. The van der Waals surface area contributed by atoms with Gasteiger partial charge in [0, 0.05) is 44.8 Å². The van der Waals surface area contributed by atoms with Crippen LogP contribution in [-0.2, 0) is 17.8 Å². The number of pyridine rings is 1. The molecule has 1 atom stereocenters. The molecule has 6 heteroatoms. The van der Waals surface area contributed by atoms with E-state index in [4.69, 9.17) is 0 Å². The highest BCUT2D eigenvalue weighted by molar-refractivity contribution is 5.99. The van der Waals surface area contributed by atoms with Gasteiger partial charge in [-0.15, -0.1) is 0 Å². The van der Waals surface area contributed by atoms with Crippen molar-refractivity contribution in [3.8, 4) is 0 Å². The van der Waals surface area contributed by atoms with Crippen LogP contribution >= 0.6 is 0 Å². The van der Waals surface area contributed by atoms with E-state index in [0.29, 0.717) is 24.9 Å². The molecule has 1 aromatic carbocycles. The van der Waals surface area contributed by atoms with Crippen LogP contribution in [0.15, 0.2) is 29.2 Å². The van der Waals surface area contributed by atoms with Crippen molar-refractivity contribution in [1.29, 1.82) is 0 Å². The van der Waals surface area contributed by atoms with E-state index in [1.165, 1.54) is 5.56 Å². The Labute approximate surface area is 157 Å². The topological polar surface area (TPSA) is 62.6 Å². The highest BCUT2D eigenvalue weighted by Crippen LogP contribution is 2.40. The van der Waals surface area contributed by atoms with Gasteiger partial charge in [0.2, 0.25) is 11.3 Å². The van der Waals surface area contributed by atoms with Gasteiger partial charge in [-0.1, -0.05) is 12.1 Å². The number of hydrogen-bond acceptors (Lipinski definition) is 3. The molecule has 140 valence electrons. The van der Waals surface area contributed by atoms with Crippen LogP contribution in [0.3, 0.4) is 0 Å². The van der Waals surface area contributed by atoms with E-state index in [1.54, 1.807) is 16.0 Å². The Bertz CT molecular complexity index is 1040. The first kappa shape index (κ1) is 16.5. The van der Waals surface area contributed by atoms with Crippen molar-refractivity contribution in [3.63, 3.8) is 0 Å². The second-order valence-electron chi connectivity index (χ2n) is 8.22. The molecule has 0 aliphatic carbocycles. The van der Waals surface area contributed by atoms with E-state index in [-0.39, 0.29) is 22.8 Å². The molecular formula is C21H23N3O3. The van der Waals surface area contributed by atoms with Crippen molar-refractivity contribution >= 4 is 22.7 Å². The fourth-order valence-corrected chi connectivity index (χ4v) is 5.17. The molecule has 2 saturated heterocycles. The lowest BCUT2D eigenvalue weighted by molar-refractivity contribution is -0.143. The fraction of sp³-hybridized carbons (Fsp3) is 0.476. The summed E-state index contributed by atoms with van der Waals surface area (Å²) in [6.07, 6.45) is 5.10. The molecule has 0 radical (unpaired) electrons. The number of para-hydroxylation sites is 1. The third-order valence-electron chi connectivity index (χ3n) is 6.62. The largest absolute Gasteiger partial charge is 0.346 e. The Morgan fingerprint density at radius 2 is 1.96 bits per heavy atom. The predicted molar refractivity (Wildman–Crippen MR) is 102 cm³/mol. The number of benzene rings is 1. The first-order chi connectivity index (χ1) is 13.0. The van der Waals surface area contributed by atoms with Gasteiger partial charge in [0.1, 0.15) is 5.56 Å². The van der Waals surface area contributed by atoms with Gasteiger partial charge in [-0.05, 0) is 37.3 Å². The zero-order valence-corrected chi connectivity index (χ0v) is 15.5. The van der Waals surface area contributed by atoms with Crippen molar-refractivity contribution in [2.45, 2.75) is 32.2 Å². The minimum absolute atomic E-state index is 0.141. The average molecular weight is 365 g/mol. The maximum atomic E-state index is 13.2. The Hall–Kier alpha value is -2.63. The van der Waals surface area contributed by atoms with E-state index < -0.39 is 5.41 Å². The first-order valence-electron chi connectivity index (χ1n) is 9.70. The molecule has 0 N–H and O–H groups in total. The van der Waals surface area contributed by atoms with Gasteiger partial charge < -0.3 is 14.4 Å². The molecule has 2 aromatic rings. The summed E-state index contributed by atoms with van der Waals surface area (Å²) in [4.78, 5) is 42.4. The summed E-state index contributed by atoms with van der Waals surface area (Å²) in [7, 11) is 1.84. The molecule has 1 spiro atoms. The molecular weight excluding hydrogens is 342 g/mol. The summed E-state index contributed by atoms with van der Waals surface area (Å²) < 4.78 is 2.03. The molecule has 6 nitrogen and oxygen atoms in total. The van der Waals surface area contributed by atoms with E-state index in [1.807, 2.05) is 29.8 Å². The zero-order chi connectivity index (χ0) is 18.8. The minimum atomic E-state index is -0.459. The van der Waals surface area contributed by atoms with Crippen LogP contribution < -0.4 is 5.43 Å². The number of carbonyl (C=O) groups excluding carboxylic acids is 2. The highest BCUT2D eigenvalue weighted by atomic mass is 16.2. The van der Waals surface area contributed by atoms with Gasteiger partial charge in [-0.25, -0.2) is 0 Å². The van der Waals surface area contributed by atoms with Crippen molar-refractivity contribution in [3.05, 3.63) is 45.7 Å². The Morgan fingerprint density at radius 3 is 2.81 bits per heavy atom. The van der Waals surface area contributed by atoms with Crippen molar-refractivity contribution in [2.75, 3.05) is 26.7 Å². The number of aryl methyl sites for hydroxylation is 2. The fourth-order valence-electron chi connectivity index (χ4n) is 5.17. The normalized spacial score (nSPS) is 24.4. The van der Waals surface area contributed by atoms with Crippen LogP contribution in [0.2, 0.25) is 0 Å². The molecule has 0 bridgehead atoms. The Morgan fingerprint density at radius 1 is 1.11 bits per heavy atom. The van der Waals surface area contributed by atoms with Gasteiger partial charge in [0.25, 0.3) is 5.91 Å². The van der Waals surface area contributed by atoms with E-state index >= 15 is 0 Å². The maximum absolute atomic E-state index is 13.2. The molecule has 3 aliphatic rings. The van der Waals surface area contributed by atoms with Crippen LogP contribution in [0.25, 0.3) is 10.9 Å². The van der Waals surface area contributed by atoms with E-state index in [9.17, 15) is 14.4 Å². The molecule has 1 unspecified atom stereocenters. The first-order valence-corrected chi connectivity index (χ1v) is 9.70. The summed E-state index contributed by atoms with van der Waals surface area (Å²) in [5.41, 5.74) is 1.71. The SMILES string of the molecule is CN1CCCC2(CCN(C(=O)c3cn4c5c(cccc5c3=O)CC4)C2)C1=O. The zero-order valence-electron chi connectivity index (χ0n) is 15.5. The minimum Gasteiger partial charge on any atom is -0.346 e. The van der Waals surface area contributed by atoms with Gasteiger partial charge in [0.15, 0.2) is 0 Å². The standard InChI is InChI=1S/C21H23N3O3/c1-22-9-3-7-21(20(22)27)8-11-24(13-21)19(26)16-12-23-10-6-14-4-2-5-15(17(14)23)18(16)25/h2,4-5,12H,3,6-11,13H2,1H3. The predicted octanol–water partition coefficient (Wildman–Crippen LogP) is 1.64. The number of rotatable bonds is 1. The molecule has 1 aromatic heterocycles. The van der Waals surface area contributed by atoms with Crippen molar-refractivity contribution < 1.29 is 9.59 Å². The summed E-state index contributed by atoms with van der Waals surface area (Å²) >= 11 is 0. The lowest BCUT2D eigenvalue weighted by Gasteiger charge is -2.37. The molecule has 0 saturated carbocycles. The average Bonchev–Trinajstić information content (AvgIpc) is 3.28. The molecule has 4 heterocycles. The third-order valence-corrected chi connectivity index (χ3v) is 6.62. The second-order valence-corrected chi connectivity index (χ2v) is 8.22. The highest BCUT2D eigenvalue weighted by Gasteiger charge is 2.48. The van der Waals surface area contributed by atoms with Gasteiger partial charge in [-0.2, -0.15) is 0 Å². The Balaban J connectivity index is 1.51. The van der Waals surface area contributed by atoms with Crippen LogP contribution in [0.4, 0.5) is 0 Å². The lowest BCUT2D eigenvalue weighted by Crippen LogP contribution is -2.48. The monoisotopic (exact) mass is 365 g/mol. The summed E-state index contributed by atoms with van der Waals surface area (Å²) in [5.74, 6) is -0.0941. The summed E-state index contributed by atoms with van der Waals surface area (Å²) in [5, 5.41) is 0.623. The van der Waals surface area contributed by atoms with Gasteiger partial charge >= 0.3 is 0 Å². The third kappa shape index (κ3) is 2.28. The maximum Gasteiger partial charge on any atom is 0.259 e. The van der Waals surface area contributed by atoms with Crippen LogP contribution in [0.5, 0.6) is 0 Å². The molecule has 2 fully saturated rings. The molecule has 2 amide bonds. The lowest BCUT2D eigenvalue weighted by atomic mass is 9.78. The van der Waals surface area contributed by atoms with Crippen LogP contribution in [0, 0.1) is 5.41 Å². The van der Waals surface area contributed by atoms with Gasteiger partial charge in [0.05, 0.1) is 10.9 Å². The van der Waals surface area contributed by atoms with Crippen LogP contribution in [-0.4, -0.2) is 52.9 Å². The second kappa shape index (κ2) is 5.68.